The predicted octanol–water partition coefficient (Wildman–Crippen LogP) is 0.964. The van der Waals surface area contributed by atoms with Crippen LogP contribution in [0.15, 0.2) is 48.1 Å². The van der Waals surface area contributed by atoms with Crippen LogP contribution in [0.3, 0.4) is 0 Å². The minimum atomic E-state index is -0.694. The monoisotopic (exact) mass is 273 g/mol. The zero-order chi connectivity index (χ0) is 14.2. The predicted molar refractivity (Wildman–Crippen MR) is 74.5 cm³/mol. The second-order valence-corrected chi connectivity index (χ2v) is 3.95. The Bertz CT molecular complexity index is 563. The first kappa shape index (κ1) is 13.6. The van der Waals surface area contributed by atoms with Crippen molar-refractivity contribution in [1.29, 1.82) is 0 Å². The highest BCUT2D eigenvalue weighted by atomic mass is 16.5. The largest absolute Gasteiger partial charge is 0.492 e. The highest BCUT2D eigenvalue weighted by Gasteiger charge is 1.95. The lowest BCUT2D eigenvalue weighted by Gasteiger charge is -2.06. The van der Waals surface area contributed by atoms with Gasteiger partial charge in [0.05, 0.1) is 19.1 Å². The van der Waals surface area contributed by atoms with Crippen LogP contribution in [0.4, 0.5) is 4.79 Å². The third-order valence-electron chi connectivity index (χ3n) is 2.45. The molecule has 0 aliphatic carbocycles. The maximum Gasteiger partial charge on any atom is 0.332 e. The van der Waals surface area contributed by atoms with Crippen molar-refractivity contribution in [3.63, 3.8) is 0 Å². The molecule has 7 heteroatoms. The lowest BCUT2D eigenvalue weighted by molar-refractivity contribution is 0.249. The summed E-state index contributed by atoms with van der Waals surface area (Å²) in [5.74, 6) is 0.769. The normalized spacial score (nSPS) is 10.6. The van der Waals surface area contributed by atoms with Crippen molar-refractivity contribution in [2.24, 2.45) is 10.8 Å². The number of imidazole rings is 1. The van der Waals surface area contributed by atoms with Crippen LogP contribution in [0.2, 0.25) is 0 Å². The molecule has 2 aromatic rings. The molecule has 1 aromatic carbocycles. The van der Waals surface area contributed by atoms with Crippen LogP contribution in [0.5, 0.6) is 5.75 Å². The van der Waals surface area contributed by atoms with E-state index in [0.29, 0.717) is 6.61 Å². The van der Waals surface area contributed by atoms with Gasteiger partial charge in [-0.3, -0.25) is 0 Å². The Balaban J connectivity index is 1.79. The first-order valence-corrected chi connectivity index (χ1v) is 6.01. The number of hydrazone groups is 1. The number of aromatic nitrogens is 2. The van der Waals surface area contributed by atoms with Crippen molar-refractivity contribution in [3.8, 4) is 5.75 Å². The molecule has 0 aliphatic heterocycles. The van der Waals surface area contributed by atoms with Crippen molar-refractivity contribution >= 4 is 12.2 Å². The maximum atomic E-state index is 10.4. The van der Waals surface area contributed by atoms with Gasteiger partial charge in [-0.25, -0.2) is 15.2 Å². The standard InChI is InChI=1S/C13H15N5O2/c14-13(19)17-16-9-11-1-3-12(4-2-11)20-8-7-18-6-5-15-10-18/h1-6,9-10H,7-8H2,(H3,14,17,19). The number of carbonyl (C=O) groups is 1. The molecule has 104 valence electrons. The van der Waals surface area contributed by atoms with E-state index in [1.807, 2.05) is 35.0 Å². The quantitative estimate of drug-likeness (QED) is 0.606. The molecular weight excluding hydrogens is 258 g/mol. The van der Waals surface area contributed by atoms with Gasteiger partial charge in [-0.05, 0) is 29.8 Å². The molecular formula is C13H15N5O2. The number of nitrogens with zero attached hydrogens (tertiary/aromatic N) is 3. The molecule has 20 heavy (non-hydrogen) atoms. The van der Waals surface area contributed by atoms with Gasteiger partial charge in [-0.2, -0.15) is 5.10 Å². The molecule has 1 heterocycles. The van der Waals surface area contributed by atoms with Crippen molar-refractivity contribution in [1.82, 2.24) is 15.0 Å². The highest BCUT2D eigenvalue weighted by molar-refractivity contribution is 5.81. The van der Waals surface area contributed by atoms with Crippen molar-refractivity contribution in [2.75, 3.05) is 6.61 Å². The Morgan fingerprint density at radius 2 is 2.25 bits per heavy atom. The van der Waals surface area contributed by atoms with Crippen molar-refractivity contribution in [2.45, 2.75) is 6.54 Å². The van der Waals surface area contributed by atoms with Crippen LogP contribution in [0.1, 0.15) is 5.56 Å². The zero-order valence-electron chi connectivity index (χ0n) is 10.8. The minimum Gasteiger partial charge on any atom is -0.492 e. The Morgan fingerprint density at radius 3 is 2.90 bits per heavy atom. The van der Waals surface area contributed by atoms with Gasteiger partial charge in [0.25, 0.3) is 0 Å². The topological polar surface area (TPSA) is 94.5 Å². The fraction of sp³-hybridized carbons (Fsp3) is 0.154. The SMILES string of the molecule is NC(=O)NN=Cc1ccc(OCCn2ccnc2)cc1. The summed E-state index contributed by atoms with van der Waals surface area (Å²) in [4.78, 5) is 14.4. The number of benzene rings is 1. The second-order valence-electron chi connectivity index (χ2n) is 3.95. The summed E-state index contributed by atoms with van der Waals surface area (Å²) in [7, 11) is 0. The molecule has 0 saturated carbocycles. The van der Waals surface area contributed by atoms with E-state index in [0.717, 1.165) is 17.9 Å². The summed E-state index contributed by atoms with van der Waals surface area (Å²) in [6.45, 7) is 1.30. The van der Waals surface area contributed by atoms with Crippen LogP contribution in [0, 0.1) is 0 Å². The molecule has 0 fully saturated rings. The molecule has 0 atom stereocenters. The summed E-state index contributed by atoms with van der Waals surface area (Å²) in [6, 6.07) is 6.64. The molecule has 2 amide bonds. The van der Waals surface area contributed by atoms with E-state index in [9.17, 15) is 4.79 Å². The number of hydrogen-bond donors (Lipinski definition) is 2. The van der Waals surface area contributed by atoms with E-state index in [2.05, 4.69) is 15.5 Å². The second kappa shape index (κ2) is 6.93. The Morgan fingerprint density at radius 1 is 1.45 bits per heavy atom. The molecule has 3 N–H and O–H groups in total. The highest BCUT2D eigenvalue weighted by Crippen LogP contribution is 2.11. The number of primary amides is 1. The van der Waals surface area contributed by atoms with E-state index in [-0.39, 0.29) is 0 Å². The summed E-state index contributed by atoms with van der Waals surface area (Å²) < 4.78 is 7.54. The van der Waals surface area contributed by atoms with E-state index < -0.39 is 6.03 Å². The summed E-state index contributed by atoms with van der Waals surface area (Å²) in [5, 5.41) is 3.67. The minimum absolute atomic E-state index is 0.563. The van der Waals surface area contributed by atoms with Gasteiger partial charge < -0.3 is 15.0 Å². The van der Waals surface area contributed by atoms with Crippen LogP contribution >= 0.6 is 0 Å². The maximum absolute atomic E-state index is 10.4. The van der Waals surface area contributed by atoms with Gasteiger partial charge in [0.1, 0.15) is 12.4 Å². The molecule has 0 bridgehead atoms. The lowest BCUT2D eigenvalue weighted by Crippen LogP contribution is -2.24. The van der Waals surface area contributed by atoms with E-state index in [4.69, 9.17) is 10.5 Å². The van der Waals surface area contributed by atoms with Crippen molar-refractivity contribution in [3.05, 3.63) is 48.5 Å². The van der Waals surface area contributed by atoms with Gasteiger partial charge >= 0.3 is 6.03 Å². The number of ether oxygens (including phenoxy) is 1. The zero-order valence-corrected chi connectivity index (χ0v) is 10.8. The van der Waals surface area contributed by atoms with Crippen LogP contribution in [-0.2, 0) is 6.54 Å². The molecule has 0 radical (unpaired) electrons. The van der Waals surface area contributed by atoms with Gasteiger partial charge in [0, 0.05) is 12.4 Å². The van der Waals surface area contributed by atoms with E-state index in [1.54, 1.807) is 12.5 Å². The number of rotatable bonds is 6. The fourth-order valence-electron chi connectivity index (χ4n) is 1.51. The van der Waals surface area contributed by atoms with Crippen LogP contribution in [0.25, 0.3) is 0 Å². The number of hydrogen-bond acceptors (Lipinski definition) is 4. The first-order chi connectivity index (χ1) is 9.74. The Labute approximate surface area is 116 Å². The average molecular weight is 273 g/mol. The smallest absolute Gasteiger partial charge is 0.332 e. The lowest BCUT2D eigenvalue weighted by atomic mass is 10.2. The fourth-order valence-corrected chi connectivity index (χ4v) is 1.51. The molecule has 1 aromatic heterocycles. The van der Waals surface area contributed by atoms with Gasteiger partial charge in [0.2, 0.25) is 0 Å². The molecule has 0 aliphatic rings. The third-order valence-corrected chi connectivity index (χ3v) is 2.45. The van der Waals surface area contributed by atoms with Gasteiger partial charge in [0.15, 0.2) is 0 Å². The number of urea groups is 1. The van der Waals surface area contributed by atoms with Crippen molar-refractivity contribution < 1.29 is 9.53 Å². The molecule has 2 rings (SSSR count). The number of nitrogens with two attached hydrogens (primary N) is 1. The average Bonchev–Trinajstić information content (AvgIpc) is 2.93. The number of nitrogens with one attached hydrogen (secondary N) is 1. The van der Waals surface area contributed by atoms with E-state index in [1.165, 1.54) is 6.21 Å². The van der Waals surface area contributed by atoms with E-state index >= 15 is 0 Å². The molecule has 0 saturated heterocycles. The Kier molecular flexibility index (Phi) is 4.71. The first-order valence-electron chi connectivity index (χ1n) is 6.01. The number of amides is 2. The summed E-state index contributed by atoms with van der Waals surface area (Å²) in [5.41, 5.74) is 7.85. The summed E-state index contributed by atoms with van der Waals surface area (Å²) >= 11 is 0. The number of carbonyl (C=O) groups excluding carboxylic acids is 1. The molecule has 0 spiro atoms. The third kappa shape index (κ3) is 4.45. The molecule has 7 nitrogen and oxygen atoms in total. The summed E-state index contributed by atoms with van der Waals surface area (Å²) in [6.07, 6.45) is 6.86. The van der Waals surface area contributed by atoms with Crippen LogP contribution < -0.4 is 15.9 Å². The Hall–Kier alpha value is -2.83. The molecule has 0 unspecified atom stereocenters. The van der Waals surface area contributed by atoms with Gasteiger partial charge in [-0.15, -0.1) is 0 Å². The van der Waals surface area contributed by atoms with Gasteiger partial charge in [-0.1, -0.05) is 0 Å². The van der Waals surface area contributed by atoms with Crippen LogP contribution in [-0.4, -0.2) is 28.4 Å².